The van der Waals surface area contributed by atoms with Gasteiger partial charge in [0, 0.05) is 0 Å². The minimum absolute atomic E-state index is 0.906. The van der Waals surface area contributed by atoms with Crippen molar-refractivity contribution in [2.75, 3.05) is 0 Å². The summed E-state index contributed by atoms with van der Waals surface area (Å²) in [5.41, 5.74) is 0. The van der Waals surface area contributed by atoms with Gasteiger partial charge in [-0.1, -0.05) is 54.6 Å². The van der Waals surface area contributed by atoms with Crippen LogP contribution in [0.25, 0.3) is 0 Å². The Labute approximate surface area is 151 Å². The fourth-order valence-electron chi connectivity index (χ4n) is 2.64. The molecule has 24 heavy (non-hydrogen) atoms. The molecule has 0 aliphatic rings. The Morgan fingerprint density at radius 3 is 1.17 bits per heavy atom. The first-order valence-electron chi connectivity index (χ1n) is 7.29. The molecule has 0 radical (unpaired) electrons. The zero-order valence-electron chi connectivity index (χ0n) is 12.6. The van der Waals surface area contributed by atoms with Gasteiger partial charge >= 0.3 is 6.07 Å². The Morgan fingerprint density at radius 2 is 0.917 bits per heavy atom. The topological polar surface area (TPSA) is 26.3 Å². The number of halogens is 2. The van der Waals surface area contributed by atoms with Crippen molar-refractivity contribution in [3.63, 3.8) is 0 Å². The van der Waals surface area contributed by atoms with Gasteiger partial charge in [-0.05, 0) is 58.9 Å². The van der Waals surface area contributed by atoms with Gasteiger partial charge in [-0.15, -0.1) is 4.31 Å². The highest BCUT2D eigenvalue weighted by Crippen LogP contribution is 2.73. The molecule has 3 rings (SSSR count). The van der Waals surface area contributed by atoms with Crippen LogP contribution >= 0.6 is 36.0 Å². The SMILES string of the molecule is O=P(Cl)(Cl)O[P+](c1ccccc1)(c1ccccc1)c1ccccc1. The minimum atomic E-state index is -3.79. The molecule has 2 nitrogen and oxygen atoms in total. The van der Waals surface area contributed by atoms with E-state index in [1.165, 1.54) is 0 Å². The Balaban J connectivity index is 2.35. The summed E-state index contributed by atoms with van der Waals surface area (Å²) in [7, 11) is -2.70. The summed E-state index contributed by atoms with van der Waals surface area (Å²) >= 11 is 11.8. The second kappa shape index (κ2) is 7.40. The van der Waals surface area contributed by atoms with Gasteiger partial charge in [0.1, 0.15) is 15.9 Å². The maximum Gasteiger partial charge on any atom is 0.414 e. The van der Waals surface area contributed by atoms with Crippen molar-refractivity contribution in [2.24, 2.45) is 0 Å². The van der Waals surface area contributed by atoms with Gasteiger partial charge in [-0.2, -0.15) is 0 Å². The van der Waals surface area contributed by atoms with Crippen molar-refractivity contribution in [1.82, 2.24) is 0 Å². The highest BCUT2D eigenvalue weighted by molar-refractivity contribution is 8.11. The second-order valence-corrected chi connectivity index (χ2v) is 12.6. The molecular formula is C18H15Cl2O2P2+. The summed E-state index contributed by atoms with van der Waals surface area (Å²) < 4.78 is 18.3. The number of hydrogen-bond donors (Lipinski definition) is 0. The zero-order valence-corrected chi connectivity index (χ0v) is 15.9. The molecule has 0 saturated carbocycles. The van der Waals surface area contributed by atoms with E-state index in [1.807, 2.05) is 91.0 Å². The van der Waals surface area contributed by atoms with Gasteiger partial charge in [0.25, 0.3) is 7.49 Å². The quantitative estimate of drug-likeness (QED) is 0.533. The summed E-state index contributed by atoms with van der Waals surface area (Å²) in [5, 5.41) is 2.72. The monoisotopic (exact) mass is 395 g/mol. The van der Waals surface area contributed by atoms with E-state index in [9.17, 15) is 4.57 Å². The van der Waals surface area contributed by atoms with Crippen molar-refractivity contribution < 1.29 is 8.88 Å². The predicted octanol–water partition coefficient (Wildman–Crippen LogP) is 5.50. The van der Waals surface area contributed by atoms with Crippen LogP contribution in [0.3, 0.4) is 0 Å². The second-order valence-electron chi connectivity index (χ2n) is 5.11. The van der Waals surface area contributed by atoms with Gasteiger partial charge in [0.2, 0.25) is 0 Å². The maximum absolute atomic E-state index is 12.3. The van der Waals surface area contributed by atoms with Gasteiger partial charge < -0.3 is 0 Å². The van der Waals surface area contributed by atoms with Crippen molar-refractivity contribution in [2.45, 2.75) is 0 Å². The highest BCUT2D eigenvalue weighted by atomic mass is 35.9. The Kier molecular flexibility index (Phi) is 5.45. The van der Waals surface area contributed by atoms with Gasteiger partial charge in [0.05, 0.1) is 0 Å². The Hall–Kier alpha value is -1.14. The molecule has 3 aromatic rings. The summed E-state index contributed by atoms with van der Waals surface area (Å²) in [6, 6.07) is 29.1. The van der Waals surface area contributed by atoms with E-state index in [2.05, 4.69) is 0 Å². The Morgan fingerprint density at radius 1 is 0.625 bits per heavy atom. The Bertz CT molecular complexity index is 740. The van der Waals surface area contributed by atoms with Crippen molar-refractivity contribution in [3.05, 3.63) is 91.0 Å². The zero-order chi connectivity index (χ0) is 17.0. The van der Waals surface area contributed by atoms with Crippen molar-refractivity contribution in [1.29, 1.82) is 0 Å². The third kappa shape index (κ3) is 3.75. The van der Waals surface area contributed by atoms with E-state index < -0.39 is 13.6 Å². The molecule has 0 atom stereocenters. The molecule has 0 aromatic heterocycles. The maximum atomic E-state index is 12.3. The lowest BCUT2D eigenvalue weighted by molar-refractivity contribution is 0.535. The fourth-order valence-corrected chi connectivity index (χ4v) is 9.25. The van der Waals surface area contributed by atoms with Crippen LogP contribution in [0.5, 0.6) is 0 Å². The predicted molar refractivity (Wildman–Crippen MR) is 106 cm³/mol. The molecule has 0 fully saturated rings. The molecule has 6 heteroatoms. The first-order valence-corrected chi connectivity index (χ1v) is 12.4. The van der Waals surface area contributed by atoms with Crippen molar-refractivity contribution >= 4 is 52.0 Å². The van der Waals surface area contributed by atoms with E-state index >= 15 is 0 Å². The van der Waals surface area contributed by atoms with Crippen LogP contribution in [0.1, 0.15) is 0 Å². The highest BCUT2D eigenvalue weighted by Gasteiger charge is 2.52. The fraction of sp³-hybridized carbons (Fsp3) is 0. The molecule has 0 N–H and O–H groups in total. The van der Waals surface area contributed by atoms with Gasteiger partial charge in [0.15, 0.2) is 0 Å². The molecule has 0 unspecified atom stereocenters. The summed E-state index contributed by atoms with van der Waals surface area (Å²) in [6.45, 7) is 0. The number of benzene rings is 3. The number of hydrogen-bond acceptors (Lipinski definition) is 2. The molecule has 0 amide bonds. The standard InChI is InChI=1S/C18H15Cl2O2P2/c19-24(20,21)22-23(16-10-4-1-5-11-16,17-12-6-2-7-13-17)18-14-8-3-9-15-18/h1-15H/q+1. The lowest BCUT2D eigenvalue weighted by Gasteiger charge is -2.25. The van der Waals surface area contributed by atoms with Crippen molar-refractivity contribution in [3.8, 4) is 0 Å². The van der Waals surface area contributed by atoms with E-state index in [1.54, 1.807) is 0 Å². The lowest BCUT2D eigenvalue weighted by Crippen LogP contribution is -2.31. The third-order valence-electron chi connectivity index (χ3n) is 3.58. The molecular weight excluding hydrogens is 381 g/mol. The van der Waals surface area contributed by atoms with E-state index in [0.29, 0.717) is 0 Å². The lowest BCUT2D eigenvalue weighted by atomic mass is 10.4. The van der Waals surface area contributed by atoms with E-state index in [-0.39, 0.29) is 0 Å². The smallest absolute Gasteiger partial charge is 0.253 e. The van der Waals surface area contributed by atoms with E-state index in [4.69, 9.17) is 26.8 Å². The van der Waals surface area contributed by atoms with Crippen LogP contribution in [0.15, 0.2) is 91.0 Å². The molecule has 122 valence electrons. The van der Waals surface area contributed by atoms with Gasteiger partial charge in [-0.25, -0.2) is 0 Å². The summed E-state index contributed by atoms with van der Waals surface area (Å²) in [4.78, 5) is 0. The van der Waals surface area contributed by atoms with Crippen LogP contribution in [0, 0.1) is 0 Å². The molecule has 3 aromatic carbocycles. The molecule has 0 aliphatic heterocycles. The molecule has 0 spiro atoms. The molecule has 0 bridgehead atoms. The normalized spacial score (nSPS) is 12.1. The molecule has 0 saturated heterocycles. The molecule has 0 heterocycles. The average Bonchev–Trinajstić information content (AvgIpc) is 2.61. The van der Waals surface area contributed by atoms with Gasteiger partial charge in [-0.3, -0.25) is 4.57 Å². The van der Waals surface area contributed by atoms with Crippen LogP contribution in [0.2, 0.25) is 0 Å². The minimum Gasteiger partial charge on any atom is -0.253 e. The van der Waals surface area contributed by atoms with Crippen LogP contribution in [-0.4, -0.2) is 0 Å². The summed E-state index contributed by atoms with van der Waals surface area (Å²) in [6.07, 6.45) is -3.79. The first-order chi connectivity index (χ1) is 11.5. The van der Waals surface area contributed by atoms with Crippen LogP contribution < -0.4 is 15.9 Å². The first kappa shape index (κ1) is 17.7. The summed E-state index contributed by atoms with van der Waals surface area (Å²) in [5.74, 6) is 0. The average molecular weight is 396 g/mol. The van der Waals surface area contributed by atoms with Crippen LogP contribution in [-0.2, 0) is 8.88 Å². The largest absolute Gasteiger partial charge is 0.414 e. The number of rotatable bonds is 5. The van der Waals surface area contributed by atoms with Crippen LogP contribution in [0.4, 0.5) is 0 Å². The van der Waals surface area contributed by atoms with E-state index in [0.717, 1.165) is 15.9 Å². The third-order valence-corrected chi connectivity index (χ3v) is 9.50. The molecule has 0 aliphatic carbocycles.